The largest absolute Gasteiger partial charge is 0.423 e. The number of thioether (sulfide) groups is 1. The Morgan fingerprint density at radius 2 is 2.00 bits per heavy atom. The minimum Gasteiger partial charge on any atom is -0.423 e. The van der Waals surface area contributed by atoms with Crippen LogP contribution < -0.4 is 5.63 Å². The van der Waals surface area contributed by atoms with E-state index in [1.807, 2.05) is 42.5 Å². The molecule has 8 heteroatoms. The molecule has 0 aliphatic carbocycles. The van der Waals surface area contributed by atoms with Crippen molar-refractivity contribution in [1.29, 1.82) is 0 Å². The zero-order valence-corrected chi connectivity index (χ0v) is 17.3. The zero-order valence-electron chi connectivity index (χ0n) is 13.2. The van der Waals surface area contributed by atoms with Gasteiger partial charge in [0.25, 0.3) is 0 Å². The SMILES string of the molecule is O=c1cc(CSc2nn(-c3ccccc3)c(=S)s2)c2ccc(Br)cc2o1. The highest BCUT2D eigenvalue weighted by Crippen LogP contribution is 2.30. The number of hydrogen-bond donors (Lipinski definition) is 0. The number of rotatable bonds is 4. The zero-order chi connectivity index (χ0) is 18.1. The highest BCUT2D eigenvalue weighted by Gasteiger charge is 2.10. The molecule has 0 bridgehead atoms. The summed E-state index contributed by atoms with van der Waals surface area (Å²) < 4.78 is 9.47. The predicted molar refractivity (Wildman–Crippen MR) is 112 cm³/mol. The summed E-state index contributed by atoms with van der Waals surface area (Å²) in [5.41, 5.74) is 2.08. The average Bonchev–Trinajstić information content (AvgIpc) is 3.00. The second-order valence-corrected chi connectivity index (χ2v) is 9.16. The van der Waals surface area contributed by atoms with E-state index in [0.29, 0.717) is 15.3 Å². The summed E-state index contributed by atoms with van der Waals surface area (Å²) in [7, 11) is 0. The first-order chi connectivity index (χ1) is 12.6. The minimum absolute atomic E-state index is 0.353. The van der Waals surface area contributed by atoms with E-state index < -0.39 is 0 Å². The average molecular weight is 463 g/mol. The van der Waals surface area contributed by atoms with Crippen molar-refractivity contribution < 1.29 is 4.42 Å². The van der Waals surface area contributed by atoms with Gasteiger partial charge in [0.05, 0.1) is 5.69 Å². The van der Waals surface area contributed by atoms with E-state index in [1.54, 1.807) is 22.5 Å². The number of aromatic nitrogens is 2. The maximum atomic E-state index is 11.8. The van der Waals surface area contributed by atoms with Gasteiger partial charge in [-0.05, 0) is 48.1 Å². The van der Waals surface area contributed by atoms with E-state index >= 15 is 0 Å². The molecule has 2 heterocycles. The van der Waals surface area contributed by atoms with E-state index in [4.69, 9.17) is 16.6 Å². The van der Waals surface area contributed by atoms with Crippen molar-refractivity contribution in [3.05, 3.63) is 79.0 Å². The van der Waals surface area contributed by atoms with Crippen LogP contribution in [-0.4, -0.2) is 9.78 Å². The molecule has 4 aromatic rings. The Bertz CT molecular complexity index is 1200. The van der Waals surface area contributed by atoms with Crippen LogP contribution in [0.2, 0.25) is 0 Å². The van der Waals surface area contributed by atoms with Crippen LogP contribution in [0.4, 0.5) is 0 Å². The Balaban J connectivity index is 1.63. The Hall–Kier alpha value is -1.74. The fourth-order valence-electron chi connectivity index (χ4n) is 2.51. The fraction of sp³-hybridized carbons (Fsp3) is 0.0556. The van der Waals surface area contributed by atoms with Crippen LogP contribution in [0.5, 0.6) is 0 Å². The summed E-state index contributed by atoms with van der Waals surface area (Å²) in [6.07, 6.45) is 0. The molecular formula is C18H11BrN2O2S3. The third-order valence-corrected chi connectivity index (χ3v) is 6.58. The normalized spacial score (nSPS) is 11.1. The molecule has 0 aliphatic rings. The van der Waals surface area contributed by atoms with Crippen molar-refractivity contribution in [1.82, 2.24) is 9.78 Å². The Labute approximate surface area is 170 Å². The van der Waals surface area contributed by atoms with Crippen molar-refractivity contribution in [2.75, 3.05) is 0 Å². The van der Waals surface area contributed by atoms with Gasteiger partial charge < -0.3 is 4.42 Å². The maximum absolute atomic E-state index is 11.8. The highest BCUT2D eigenvalue weighted by atomic mass is 79.9. The molecule has 0 fully saturated rings. The lowest BCUT2D eigenvalue weighted by Gasteiger charge is -2.04. The van der Waals surface area contributed by atoms with Crippen molar-refractivity contribution in [3.8, 4) is 5.69 Å². The first-order valence-corrected chi connectivity index (χ1v) is 10.6. The molecule has 0 N–H and O–H groups in total. The van der Waals surface area contributed by atoms with Crippen molar-refractivity contribution in [2.45, 2.75) is 10.1 Å². The smallest absolute Gasteiger partial charge is 0.336 e. The number of halogens is 1. The lowest BCUT2D eigenvalue weighted by atomic mass is 10.1. The monoisotopic (exact) mass is 462 g/mol. The van der Waals surface area contributed by atoms with Crippen LogP contribution >= 0.6 is 51.2 Å². The summed E-state index contributed by atoms with van der Waals surface area (Å²) in [5, 5.41) is 5.52. The van der Waals surface area contributed by atoms with Gasteiger partial charge in [-0.15, -0.1) is 5.10 Å². The summed E-state index contributed by atoms with van der Waals surface area (Å²) in [5.74, 6) is 0.612. The highest BCUT2D eigenvalue weighted by molar-refractivity contribution is 9.10. The molecule has 0 saturated carbocycles. The number of nitrogens with zero attached hydrogens (tertiary/aromatic N) is 2. The standard InChI is InChI=1S/C18H11BrN2O2S3/c19-12-6-7-14-11(8-16(22)23-15(14)9-12)10-25-17-20-21(18(24)26-17)13-4-2-1-3-5-13/h1-9H,10H2. The van der Waals surface area contributed by atoms with Crippen molar-refractivity contribution in [3.63, 3.8) is 0 Å². The van der Waals surface area contributed by atoms with Gasteiger partial charge in [-0.25, -0.2) is 9.48 Å². The lowest BCUT2D eigenvalue weighted by Crippen LogP contribution is -2.00. The lowest BCUT2D eigenvalue weighted by molar-refractivity contribution is 0.559. The number of fused-ring (bicyclic) bond motifs is 1. The van der Waals surface area contributed by atoms with Crippen LogP contribution in [0.15, 0.2) is 72.6 Å². The van der Waals surface area contributed by atoms with Crippen LogP contribution in [0.1, 0.15) is 5.56 Å². The van der Waals surface area contributed by atoms with Crippen LogP contribution in [0.3, 0.4) is 0 Å². The number of para-hydroxylation sites is 1. The molecule has 0 saturated heterocycles. The fourth-order valence-corrected chi connectivity index (χ4v) is 5.21. The summed E-state index contributed by atoms with van der Waals surface area (Å²) in [6, 6.07) is 17.0. The summed E-state index contributed by atoms with van der Waals surface area (Å²) in [4.78, 5) is 11.8. The quantitative estimate of drug-likeness (QED) is 0.217. The number of hydrogen-bond acceptors (Lipinski definition) is 6. The molecule has 0 spiro atoms. The van der Waals surface area contributed by atoms with Gasteiger partial charge >= 0.3 is 5.63 Å². The molecule has 0 amide bonds. The third kappa shape index (κ3) is 3.68. The van der Waals surface area contributed by atoms with Gasteiger partial charge in [-0.3, -0.25) is 0 Å². The van der Waals surface area contributed by atoms with Gasteiger partial charge in [0, 0.05) is 21.7 Å². The first-order valence-electron chi connectivity index (χ1n) is 7.61. The minimum atomic E-state index is -0.353. The Morgan fingerprint density at radius 3 is 2.81 bits per heavy atom. The topological polar surface area (TPSA) is 48.0 Å². The van der Waals surface area contributed by atoms with Crippen LogP contribution in [0.25, 0.3) is 16.7 Å². The van der Waals surface area contributed by atoms with E-state index in [-0.39, 0.29) is 5.63 Å². The third-order valence-electron chi connectivity index (χ3n) is 3.67. The Morgan fingerprint density at radius 1 is 1.19 bits per heavy atom. The molecule has 0 atom stereocenters. The van der Waals surface area contributed by atoms with E-state index in [1.165, 1.54) is 17.4 Å². The maximum Gasteiger partial charge on any atom is 0.336 e. The Kier molecular flexibility index (Phi) is 5.08. The van der Waals surface area contributed by atoms with Crippen LogP contribution in [0, 0.1) is 3.95 Å². The number of benzene rings is 2. The first kappa shape index (κ1) is 17.7. The molecule has 0 aliphatic heterocycles. The van der Waals surface area contributed by atoms with Gasteiger partial charge in [0.2, 0.25) is 0 Å². The van der Waals surface area contributed by atoms with Crippen LogP contribution in [-0.2, 0) is 5.75 Å². The molecule has 0 radical (unpaired) electrons. The molecular weight excluding hydrogens is 452 g/mol. The van der Waals surface area contributed by atoms with E-state index in [2.05, 4.69) is 21.0 Å². The van der Waals surface area contributed by atoms with Crippen molar-refractivity contribution in [2.24, 2.45) is 0 Å². The molecule has 0 unspecified atom stereocenters. The van der Waals surface area contributed by atoms with Gasteiger partial charge in [0.15, 0.2) is 8.29 Å². The summed E-state index contributed by atoms with van der Waals surface area (Å²) >= 11 is 11.9. The second kappa shape index (κ2) is 7.48. The molecule has 4 nitrogen and oxygen atoms in total. The molecule has 4 rings (SSSR count). The van der Waals surface area contributed by atoms with Gasteiger partial charge in [-0.1, -0.05) is 57.2 Å². The predicted octanol–water partition coefficient (Wildman–Crippen LogP) is 5.82. The molecule has 26 heavy (non-hydrogen) atoms. The molecule has 2 aromatic heterocycles. The molecule has 130 valence electrons. The van der Waals surface area contributed by atoms with E-state index in [9.17, 15) is 4.79 Å². The van der Waals surface area contributed by atoms with Gasteiger partial charge in [0.1, 0.15) is 5.58 Å². The van der Waals surface area contributed by atoms with Crippen molar-refractivity contribution >= 4 is 62.2 Å². The summed E-state index contributed by atoms with van der Waals surface area (Å²) in [6.45, 7) is 0. The van der Waals surface area contributed by atoms with Gasteiger partial charge in [-0.2, -0.15) is 0 Å². The van der Waals surface area contributed by atoms with E-state index in [0.717, 1.165) is 25.4 Å². The second-order valence-electron chi connectivity index (χ2n) is 5.40. The molecule has 2 aromatic carbocycles.